The number of aromatic nitrogens is 1. The van der Waals surface area contributed by atoms with Crippen LogP contribution in [-0.4, -0.2) is 39.7 Å². The number of carboxylic acid groups (broad SMARTS) is 1. The number of carbonyl (C=O) groups is 2. The third-order valence-electron chi connectivity index (χ3n) is 5.58. The molecule has 1 amide bonds. The van der Waals surface area contributed by atoms with E-state index in [4.69, 9.17) is 4.74 Å². The normalized spacial score (nSPS) is 19.5. The number of rotatable bonds is 2. The summed E-state index contributed by atoms with van der Waals surface area (Å²) in [7, 11) is 0. The maximum absolute atomic E-state index is 13.0. The minimum absolute atomic E-state index is 0. The van der Waals surface area contributed by atoms with Crippen LogP contribution in [0.4, 0.5) is 4.79 Å². The Morgan fingerprint density at radius 2 is 2.03 bits per heavy atom. The number of benzene rings is 1. The van der Waals surface area contributed by atoms with E-state index in [-0.39, 0.29) is 31.4 Å². The van der Waals surface area contributed by atoms with Gasteiger partial charge in [-0.15, -0.1) is 5.92 Å². The van der Waals surface area contributed by atoms with Gasteiger partial charge >= 0.3 is 25.0 Å². The van der Waals surface area contributed by atoms with Gasteiger partial charge in [0.25, 0.3) is 0 Å². The fraction of sp³-hybridized carbons (Fsp3) is 0.417. The van der Waals surface area contributed by atoms with Crippen molar-refractivity contribution >= 4 is 28.5 Å². The van der Waals surface area contributed by atoms with Crippen molar-refractivity contribution < 1.29 is 38.3 Å². The molecule has 0 saturated carbocycles. The molecule has 1 aliphatic heterocycles. The molecular formula is C24H25LiN2O4. The Kier molecular flexibility index (Phi) is 6.32. The van der Waals surface area contributed by atoms with E-state index in [0.29, 0.717) is 13.0 Å². The van der Waals surface area contributed by atoms with E-state index in [1.807, 2.05) is 25.1 Å². The van der Waals surface area contributed by atoms with Gasteiger partial charge in [0.05, 0.1) is 18.6 Å². The number of carboxylic acids is 1. The smallest absolute Gasteiger partial charge is 0.549 e. The van der Waals surface area contributed by atoms with E-state index >= 15 is 0 Å². The van der Waals surface area contributed by atoms with Crippen LogP contribution in [0.1, 0.15) is 38.8 Å². The van der Waals surface area contributed by atoms with Crippen molar-refractivity contribution in [1.82, 2.24) is 9.47 Å². The maximum Gasteiger partial charge on any atom is 1.00 e. The summed E-state index contributed by atoms with van der Waals surface area (Å²) in [6.45, 7) is 7.84. The van der Waals surface area contributed by atoms with Gasteiger partial charge in [-0.3, -0.25) is 4.90 Å². The number of amides is 1. The minimum atomic E-state index is -1.19. The van der Waals surface area contributed by atoms with Crippen molar-refractivity contribution in [3.8, 4) is 11.8 Å². The Morgan fingerprint density at radius 1 is 1.29 bits per heavy atom. The van der Waals surface area contributed by atoms with Crippen LogP contribution >= 0.6 is 0 Å². The first kappa shape index (κ1) is 23.1. The summed E-state index contributed by atoms with van der Waals surface area (Å²) in [5, 5.41) is 12.8. The predicted molar refractivity (Wildman–Crippen MR) is 112 cm³/mol. The predicted octanol–water partition coefficient (Wildman–Crippen LogP) is -0.406. The molecule has 2 aromatic rings. The van der Waals surface area contributed by atoms with E-state index < -0.39 is 23.6 Å². The quantitative estimate of drug-likeness (QED) is 0.497. The molecular weight excluding hydrogens is 387 g/mol. The van der Waals surface area contributed by atoms with Crippen LogP contribution in [0.3, 0.4) is 0 Å². The fourth-order valence-electron chi connectivity index (χ4n) is 4.38. The molecule has 2 aliphatic rings. The SMILES string of the molecule is CC#CCn1cc2c3c(cccc31)C1=C[C@@H](C(=O)[O-])CN(C(=O)OC(C)(C)C)C1C2.[Li+]. The number of aliphatic carboxylic acids is 1. The average Bonchev–Trinajstić information content (AvgIpc) is 3.03. The van der Waals surface area contributed by atoms with Crippen molar-refractivity contribution in [3.05, 3.63) is 41.6 Å². The second kappa shape index (κ2) is 8.50. The number of nitrogens with zero attached hydrogens (tertiary/aromatic N) is 2. The van der Waals surface area contributed by atoms with Gasteiger partial charge in [0.2, 0.25) is 0 Å². The van der Waals surface area contributed by atoms with Gasteiger partial charge in [0.1, 0.15) is 5.60 Å². The molecule has 6 nitrogen and oxygen atoms in total. The summed E-state index contributed by atoms with van der Waals surface area (Å²) in [5.41, 5.74) is 3.32. The van der Waals surface area contributed by atoms with Gasteiger partial charge in [-0.2, -0.15) is 0 Å². The third-order valence-corrected chi connectivity index (χ3v) is 5.58. The second-order valence-corrected chi connectivity index (χ2v) is 8.81. The molecule has 0 bridgehead atoms. The van der Waals surface area contributed by atoms with Gasteiger partial charge < -0.3 is 19.2 Å². The average molecular weight is 412 g/mol. The van der Waals surface area contributed by atoms with Crippen LogP contribution in [-0.2, 0) is 22.5 Å². The van der Waals surface area contributed by atoms with Gasteiger partial charge in [0.15, 0.2) is 0 Å². The summed E-state index contributed by atoms with van der Waals surface area (Å²) in [5.74, 6) is 3.95. The van der Waals surface area contributed by atoms with Crippen LogP contribution in [0.2, 0.25) is 0 Å². The molecule has 0 fully saturated rings. The molecule has 0 saturated heterocycles. The molecule has 2 atom stereocenters. The zero-order chi connectivity index (χ0) is 21.6. The molecule has 0 radical (unpaired) electrons. The largest absolute Gasteiger partial charge is 1.00 e. The van der Waals surface area contributed by atoms with Gasteiger partial charge in [-0.1, -0.05) is 24.1 Å². The molecule has 0 spiro atoms. The number of hydrogen-bond acceptors (Lipinski definition) is 4. The maximum atomic E-state index is 13.0. The molecule has 1 aromatic heterocycles. The molecule has 156 valence electrons. The Labute approximate surface area is 194 Å². The van der Waals surface area contributed by atoms with Crippen molar-refractivity contribution in [3.63, 3.8) is 0 Å². The number of fused-ring (bicyclic) bond motifs is 2. The molecule has 7 heteroatoms. The Morgan fingerprint density at radius 3 is 2.68 bits per heavy atom. The van der Waals surface area contributed by atoms with Crippen molar-refractivity contribution in [2.24, 2.45) is 5.92 Å². The van der Waals surface area contributed by atoms with Crippen LogP contribution in [0.25, 0.3) is 16.5 Å². The van der Waals surface area contributed by atoms with Crippen LogP contribution in [0, 0.1) is 17.8 Å². The first-order valence-corrected chi connectivity index (χ1v) is 10.1. The van der Waals surface area contributed by atoms with E-state index in [0.717, 1.165) is 27.6 Å². The van der Waals surface area contributed by atoms with Crippen molar-refractivity contribution in [2.45, 2.75) is 52.3 Å². The third kappa shape index (κ3) is 4.26. The van der Waals surface area contributed by atoms with Crippen LogP contribution in [0.15, 0.2) is 30.5 Å². The van der Waals surface area contributed by atoms with Crippen molar-refractivity contribution in [2.75, 3.05) is 6.54 Å². The summed E-state index contributed by atoms with van der Waals surface area (Å²) in [4.78, 5) is 26.3. The molecule has 4 rings (SSSR count). The van der Waals surface area contributed by atoms with Gasteiger partial charge in [-0.05, 0) is 56.9 Å². The monoisotopic (exact) mass is 412 g/mol. The van der Waals surface area contributed by atoms with Crippen LogP contribution in [0.5, 0.6) is 0 Å². The second-order valence-electron chi connectivity index (χ2n) is 8.81. The topological polar surface area (TPSA) is 74.6 Å². The Hall–Kier alpha value is -2.60. The standard InChI is InChI=1S/C24H26N2O4.Li/c1-5-6-10-25-13-15-12-20-18(17-8-7-9-19(25)21(15)17)11-16(22(27)28)14-26(20)23(29)30-24(2,3)4;/h7-9,11,13,16,20H,10,12,14H2,1-4H3,(H,27,28);/q;+1/p-1/t16-,20?;/m1./s1. The summed E-state index contributed by atoms with van der Waals surface area (Å²) in [6.07, 6.45) is 3.94. The summed E-state index contributed by atoms with van der Waals surface area (Å²) < 4.78 is 7.70. The number of hydrogen-bond donors (Lipinski definition) is 0. The molecule has 1 aliphatic carbocycles. The van der Waals surface area contributed by atoms with Gasteiger partial charge in [0, 0.05) is 29.6 Å². The van der Waals surface area contributed by atoms with E-state index in [1.165, 1.54) is 0 Å². The Bertz CT molecular complexity index is 1130. The van der Waals surface area contributed by atoms with E-state index in [1.54, 1.807) is 31.7 Å². The molecule has 1 aromatic carbocycles. The first-order valence-electron chi connectivity index (χ1n) is 10.1. The molecule has 1 unspecified atom stereocenters. The molecule has 2 heterocycles. The summed E-state index contributed by atoms with van der Waals surface area (Å²) in [6, 6.07) is 5.72. The zero-order valence-corrected chi connectivity index (χ0v) is 18.7. The van der Waals surface area contributed by atoms with E-state index in [9.17, 15) is 14.7 Å². The Balaban J connectivity index is 0.00000272. The van der Waals surface area contributed by atoms with Crippen molar-refractivity contribution in [1.29, 1.82) is 0 Å². The van der Waals surface area contributed by atoms with E-state index in [2.05, 4.69) is 22.6 Å². The van der Waals surface area contributed by atoms with Crippen LogP contribution < -0.4 is 24.0 Å². The number of carbonyl (C=O) groups excluding carboxylic acids is 2. The van der Waals surface area contributed by atoms with Gasteiger partial charge in [-0.25, -0.2) is 4.79 Å². The molecule has 31 heavy (non-hydrogen) atoms. The first-order chi connectivity index (χ1) is 14.2. The zero-order valence-electron chi connectivity index (χ0n) is 18.7. The summed E-state index contributed by atoms with van der Waals surface area (Å²) >= 11 is 0. The number of ether oxygens (including phenoxy) is 1. The minimum Gasteiger partial charge on any atom is -0.549 e. The fourth-order valence-corrected chi connectivity index (χ4v) is 4.38. The molecule has 0 N–H and O–H groups in total.